The first-order chi connectivity index (χ1) is 8.57. The van der Waals surface area contributed by atoms with Crippen LogP contribution in [0.15, 0.2) is 12.7 Å². The lowest BCUT2D eigenvalue weighted by atomic mass is 9.90. The summed E-state index contributed by atoms with van der Waals surface area (Å²) in [4.78, 5) is 0. The van der Waals surface area contributed by atoms with Crippen molar-refractivity contribution in [1.82, 2.24) is 0 Å². The van der Waals surface area contributed by atoms with Crippen LogP contribution in [0.3, 0.4) is 0 Å². The first-order valence-corrected chi connectivity index (χ1v) is 7.47. The van der Waals surface area contributed by atoms with E-state index < -0.39 is 0 Å². The van der Waals surface area contributed by atoms with Crippen LogP contribution < -0.4 is 0 Å². The first kappa shape index (κ1) is 17.7. The highest BCUT2D eigenvalue weighted by Gasteiger charge is 2.29. The Morgan fingerprint density at radius 2 is 1.67 bits per heavy atom. The van der Waals surface area contributed by atoms with Gasteiger partial charge in [0.2, 0.25) is 0 Å². The van der Waals surface area contributed by atoms with Crippen molar-refractivity contribution in [2.45, 2.75) is 84.5 Å². The molecule has 0 saturated carbocycles. The van der Waals surface area contributed by atoms with Gasteiger partial charge in [0, 0.05) is 6.42 Å². The average Bonchev–Trinajstić information content (AvgIpc) is 2.40. The fraction of sp³-hybridized carbons (Fsp3) is 0.875. The maximum atomic E-state index is 6.08. The monoisotopic (exact) mass is 256 g/mol. The van der Waals surface area contributed by atoms with Gasteiger partial charge in [0.25, 0.3) is 0 Å². The van der Waals surface area contributed by atoms with E-state index in [0.29, 0.717) is 12.7 Å². The molecule has 0 saturated heterocycles. The van der Waals surface area contributed by atoms with Gasteiger partial charge in [-0.15, -0.1) is 6.58 Å². The Morgan fingerprint density at radius 1 is 1.11 bits per heavy atom. The maximum Gasteiger partial charge on any atom is 0.0706 e. The van der Waals surface area contributed by atoms with Crippen LogP contribution >= 0.6 is 0 Å². The van der Waals surface area contributed by atoms with E-state index in [-0.39, 0.29) is 11.7 Å². The third kappa shape index (κ3) is 6.01. The zero-order valence-electron chi connectivity index (χ0n) is 13.0. The van der Waals surface area contributed by atoms with Crippen molar-refractivity contribution in [3.05, 3.63) is 12.7 Å². The van der Waals surface area contributed by atoms with Crippen LogP contribution in [0.5, 0.6) is 0 Å². The average molecular weight is 256 g/mol. The molecular formula is C16H32O2. The summed E-state index contributed by atoms with van der Waals surface area (Å²) in [6.45, 7) is 15.3. The largest absolute Gasteiger partial charge is 0.375 e. The predicted molar refractivity (Wildman–Crippen MR) is 79.0 cm³/mol. The minimum atomic E-state index is -0.0559. The summed E-state index contributed by atoms with van der Waals surface area (Å²) < 4.78 is 12.1. The van der Waals surface area contributed by atoms with Gasteiger partial charge < -0.3 is 9.47 Å². The van der Waals surface area contributed by atoms with Crippen molar-refractivity contribution in [3.8, 4) is 0 Å². The van der Waals surface area contributed by atoms with Crippen molar-refractivity contribution in [1.29, 1.82) is 0 Å². The fourth-order valence-electron chi connectivity index (χ4n) is 2.42. The Bertz CT molecular complexity index is 205. The van der Waals surface area contributed by atoms with Crippen LogP contribution in [0, 0.1) is 0 Å². The lowest BCUT2D eigenvalue weighted by molar-refractivity contribution is -0.0942. The standard InChI is InChI=1S/C16H32O2/c1-7-12-17-16(10-4,11-5)13-14(6)18-15(8-2)9-3/h7,14-15H,1,8-13H2,2-6H3. The molecule has 0 rings (SSSR count). The molecule has 1 unspecified atom stereocenters. The summed E-state index contributed by atoms with van der Waals surface area (Å²) in [6.07, 6.45) is 7.63. The van der Waals surface area contributed by atoms with Crippen LogP contribution in [0.4, 0.5) is 0 Å². The summed E-state index contributed by atoms with van der Waals surface area (Å²) in [7, 11) is 0. The van der Waals surface area contributed by atoms with Crippen LogP contribution in [0.25, 0.3) is 0 Å². The Hall–Kier alpha value is -0.340. The van der Waals surface area contributed by atoms with Crippen LogP contribution in [-0.2, 0) is 9.47 Å². The van der Waals surface area contributed by atoms with Crippen molar-refractivity contribution < 1.29 is 9.47 Å². The highest BCUT2D eigenvalue weighted by atomic mass is 16.5. The van der Waals surface area contributed by atoms with E-state index in [0.717, 1.165) is 32.1 Å². The van der Waals surface area contributed by atoms with Crippen LogP contribution in [0.1, 0.15) is 66.7 Å². The molecule has 0 N–H and O–H groups in total. The van der Waals surface area contributed by atoms with E-state index in [1.165, 1.54) is 0 Å². The van der Waals surface area contributed by atoms with Crippen molar-refractivity contribution in [2.24, 2.45) is 0 Å². The predicted octanol–water partition coefficient (Wildman–Crippen LogP) is 4.73. The van der Waals surface area contributed by atoms with Gasteiger partial charge in [-0.05, 0) is 32.6 Å². The van der Waals surface area contributed by atoms with Gasteiger partial charge in [0.1, 0.15) is 0 Å². The molecule has 0 bridgehead atoms. The quantitative estimate of drug-likeness (QED) is 0.497. The lowest BCUT2D eigenvalue weighted by Crippen LogP contribution is -2.36. The molecule has 0 amide bonds. The molecule has 0 aromatic heterocycles. The van der Waals surface area contributed by atoms with Crippen LogP contribution in [-0.4, -0.2) is 24.4 Å². The topological polar surface area (TPSA) is 18.5 Å². The third-order valence-corrected chi connectivity index (χ3v) is 3.79. The lowest BCUT2D eigenvalue weighted by Gasteiger charge is -2.35. The van der Waals surface area contributed by atoms with E-state index in [2.05, 4.69) is 41.2 Å². The summed E-state index contributed by atoms with van der Waals surface area (Å²) in [6, 6.07) is 0. The highest BCUT2D eigenvalue weighted by Crippen LogP contribution is 2.28. The van der Waals surface area contributed by atoms with Crippen molar-refractivity contribution >= 4 is 0 Å². The number of ether oxygens (including phenoxy) is 2. The zero-order valence-corrected chi connectivity index (χ0v) is 13.0. The van der Waals surface area contributed by atoms with Gasteiger partial charge in [0.05, 0.1) is 24.4 Å². The van der Waals surface area contributed by atoms with Gasteiger partial charge in [-0.3, -0.25) is 0 Å². The SMILES string of the molecule is C=CCOC(CC)(CC)CC(C)OC(CC)CC. The van der Waals surface area contributed by atoms with Gasteiger partial charge in [0.15, 0.2) is 0 Å². The summed E-state index contributed by atoms with van der Waals surface area (Å²) in [5, 5.41) is 0. The summed E-state index contributed by atoms with van der Waals surface area (Å²) in [5.41, 5.74) is -0.0559. The molecule has 0 aliphatic rings. The molecule has 0 heterocycles. The van der Waals surface area contributed by atoms with E-state index in [4.69, 9.17) is 9.47 Å². The molecule has 0 aromatic rings. The van der Waals surface area contributed by atoms with E-state index >= 15 is 0 Å². The van der Waals surface area contributed by atoms with Crippen molar-refractivity contribution in [2.75, 3.05) is 6.61 Å². The van der Waals surface area contributed by atoms with Gasteiger partial charge in [-0.2, -0.15) is 0 Å². The molecule has 0 aliphatic carbocycles. The Morgan fingerprint density at radius 3 is 2.06 bits per heavy atom. The Labute approximate surface area is 114 Å². The molecule has 1 atom stereocenters. The molecule has 0 fully saturated rings. The molecule has 0 spiro atoms. The second kappa shape index (κ2) is 9.57. The molecule has 2 nitrogen and oxygen atoms in total. The molecule has 2 heteroatoms. The Kier molecular flexibility index (Phi) is 9.39. The van der Waals surface area contributed by atoms with E-state index in [1.54, 1.807) is 0 Å². The highest BCUT2D eigenvalue weighted by molar-refractivity contribution is 4.82. The first-order valence-electron chi connectivity index (χ1n) is 7.47. The smallest absolute Gasteiger partial charge is 0.0706 e. The second-order valence-electron chi connectivity index (χ2n) is 5.08. The molecule has 18 heavy (non-hydrogen) atoms. The normalized spacial score (nSPS) is 13.9. The number of hydrogen-bond donors (Lipinski definition) is 0. The van der Waals surface area contributed by atoms with Crippen LogP contribution in [0.2, 0.25) is 0 Å². The molecule has 0 aliphatic heterocycles. The van der Waals surface area contributed by atoms with E-state index in [1.807, 2.05) is 6.08 Å². The molecular weight excluding hydrogens is 224 g/mol. The summed E-state index contributed by atoms with van der Waals surface area (Å²) >= 11 is 0. The fourth-order valence-corrected chi connectivity index (χ4v) is 2.42. The molecule has 0 aromatic carbocycles. The Balaban J connectivity index is 4.41. The number of rotatable bonds is 11. The maximum absolute atomic E-state index is 6.08. The number of hydrogen-bond acceptors (Lipinski definition) is 2. The minimum absolute atomic E-state index is 0.0559. The second-order valence-corrected chi connectivity index (χ2v) is 5.08. The molecule has 108 valence electrons. The van der Waals surface area contributed by atoms with Gasteiger partial charge in [-0.25, -0.2) is 0 Å². The third-order valence-electron chi connectivity index (χ3n) is 3.79. The van der Waals surface area contributed by atoms with Gasteiger partial charge >= 0.3 is 0 Å². The molecule has 0 radical (unpaired) electrons. The van der Waals surface area contributed by atoms with Gasteiger partial charge in [-0.1, -0.05) is 33.8 Å². The minimum Gasteiger partial charge on any atom is -0.375 e. The van der Waals surface area contributed by atoms with E-state index in [9.17, 15) is 0 Å². The summed E-state index contributed by atoms with van der Waals surface area (Å²) in [5.74, 6) is 0. The zero-order chi connectivity index (χ0) is 14.0. The van der Waals surface area contributed by atoms with Crippen molar-refractivity contribution in [3.63, 3.8) is 0 Å².